The van der Waals surface area contributed by atoms with E-state index in [-0.39, 0.29) is 26.3 Å². The van der Waals surface area contributed by atoms with Gasteiger partial charge in [-0.3, -0.25) is 9.11 Å². The van der Waals surface area contributed by atoms with Crippen molar-refractivity contribution in [2.45, 2.75) is 23.6 Å². The fraction of sp³-hybridized carbons (Fsp3) is 0.100. The second-order valence-corrected chi connectivity index (χ2v) is 8.76. The summed E-state index contributed by atoms with van der Waals surface area (Å²) in [7, 11) is -8.04. The number of aryl methyl sites for hydroxylation is 2. The number of para-hydroxylation sites is 1. The molecule has 0 aliphatic heterocycles. The SMILES string of the molecule is Cc1ccc(S(=O)(=O)O)cc1.Cc1cccc(S(=O)(=O)O)c1.Oc1ccccc1.[Ni]. The predicted octanol–water partition coefficient (Wildman–Crippen LogP) is 3.87. The molecule has 0 radical (unpaired) electrons. The molecule has 3 aromatic carbocycles. The first-order chi connectivity index (χ1) is 13.4. The second kappa shape index (κ2) is 12.5. The maximum atomic E-state index is 10.5. The maximum Gasteiger partial charge on any atom is 0.294 e. The molecule has 0 bridgehead atoms. The Morgan fingerprint density at radius 2 is 1.10 bits per heavy atom. The van der Waals surface area contributed by atoms with Crippen LogP contribution in [0.25, 0.3) is 0 Å². The van der Waals surface area contributed by atoms with Gasteiger partial charge in [-0.15, -0.1) is 0 Å². The fourth-order valence-corrected chi connectivity index (χ4v) is 2.98. The molecule has 7 nitrogen and oxygen atoms in total. The van der Waals surface area contributed by atoms with Crippen molar-refractivity contribution in [2.24, 2.45) is 0 Å². The molecule has 0 saturated heterocycles. The third-order valence-corrected chi connectivity index (χ3v) is 5.08. The molecule has 0 atom stereocenters. The van der Waals surface area contributed by atoms with Crippen LogP contribution in [0.3, 0.4) is 0 Å². The minimum atomic E-state index is -4.03. The summed E-state index contributed by atoms with van der Waals surface area (Å²) < 4.78 is 59.2. The first-order valence-electron chi connectivity index (χ1n) is 8.22. The molecule has 0 heterocycles. The fourth-order valence-electron chi connectivity index (χ4n) is 1.91. The van der Waals surface area contributed by atoms with Crippen LogP contribution in [0, 0.1) is 13.8 Å². The van der Waals surface area contributed by atoms with E-state index in [2.05, 4.69) is 0 Å². The monoisotopic (exact) mass is 496 g/mol. The molecule has 3 aromatic rings. The molecular formula is C20H22NiO7S2. The van der Waals surface area contributed by atoms with Crippen LogP contribution in [0.1, 0.15) is 11.1 Å². The number of phenols is 1. The summed E-state index contributed by atoms with van der Waals surface area (Å²) in [6.45, 7) is 3.60. The molecule has 0 amide bonds. The molecule has 0 saturated carbocycles. The normalized spacial score (nSPS) is 10.4. The van der Waals surface area contributed by atoms with Gasteiger partial charge in [-0.25, -0.2) is 0 Å². The minimum absolute atomic E-state index is 0. The first kappa shape index (κ1) is 27.8. The Morgan fingerprint density at radius 1 is 0.600 bits per heavy atom. The maximum absolute atomic E-state index is 10.5. The zero-order valence-corrected chi connectivity index (χ0v) is 18.7. The third-order valence-electron chi connectivity index (χ3n) is 3.36. The molecule has 0 unspecified atom stereocenters. The van der Waals surface area contributed by atoms with E-state index >= 15 is 0 Å². The summed E-state index contributed by atoms with van der Waals surface area (Å²) in [4.78, 5) is -0.124. The summed E-state index contributed by atoms with van der Waals surface area (Å²) in [5.41, 5.74) is 1.76. The Kier molecular flexibility index (Phi) is 11.5. The summed E-state index contributed by atoms with van der Waals surface area (Å²) in [5.74, 6) is 0.322. The topological polar surface area (TPSA) is 129 Å². The van der Waals surface area contributed by atoms with E-state index in [0.717, 1.165) is 11.1 Å². The number of phenolic OH excluding ortho intramolecular Hbond substituents is 1. The molecule has 0 aromatic heterocycles. The molecule has 0 aliphatic rings. The van der Waals surface area contributed by atoms with E-state index in [4.69, 9.17) is 14.2 Å². The molecule has 0 spiro atoms. The smallest absolute Gasteiger partial charge is 0.294 e. The van der Waals surface area contributed by atoms with Crippen LogP contribution in [-0.2, 0) is 36.7 Å². The molecular weight excluding hydrogens is 475 g/mol. The number of aromatic hydroxyl groups is 1. The molecule has 30 heavy (non-hydrogen) atoms. The zero-order valence-electron chi connectivity index (χ0n) is 16.1. The number of benzene rings is 3. The van der Waals surface area contributed by atoms with Gasteiger partial charge in [0.2, 0.25) is 0 Å². The summed E-state index contributed by atoms with van der Waals surface area (Å²) >= 11 is 0. The summed E-state index contributed by atoms with van der Waals surface area (Å²) in [5, 5.41) is 8.63. The van der Waals surface area contributed by atoms with Gasteiger partial charge >= 0.3 is 0 Å². The van der Waals surface area contributed by atoms with Crippen molar-refractivity contribution in [1.29, 1.82) is 0 Å². The zero-order chi connectivity index (χ0) is 22.1. The Bertz CT molecular complexity index is 1110. The van der Waals surface area contributed by atoms with Gasteiger partial charge in [-0.2, -0.15) is 16.8 Å². The van der Waals surface area contributed by atoms with Crippen molar-refractivity contribution in [3.05, 3.63) is 90.0 Å². The Morgan fingerprint density at radius 3 is 1.43 bits per heavy atom. The number of hydrogen-bond acceptors (Lipinski definition) is 5. The van der Waals surface area contributed by atoms with Crippen molar-refractivity contribution in [3.63, 3.8) is 0 Å². The van der Waals surface area contributed by atoms with Crippen LogP contribution in [0.5, 0.6) is 5.75 Å². The van der Waals surface area contributed by atoms with Gasteiger partial charge in [0.15, 0.2) is 0 Å². The molecule has 10 heteroatoms. The quantitative estimate of drug-likeness (QED) is 0.362. The Hall–Kier alpha value is -2.23. The van der Waals surface area contributed by atoms with Crippen molar-refractivity contribution in [3.8, 4) is 5.75 Å². The van der Waals surface area contributed by atoms with Gasteiger partial charge < -0.3 is 5.11 Å². The largest absolute Gasteiger partial charge is 0.508 e. The number of rotatable bonds is 2. The van der Waals surface area contributed by atoms with Crippen molar-refractivity contribution in [2.75, 3.05) is 0 Å². The average molecular weight is 497 g/mol. The van der Waals surface area contributed by atoms with E-state index in [1.54, 1.807) is 55.5 Å². The average Bonchev–Trinajstić information content (AvgIpc) is 2.62. The van der Waals surface area contributed by atoms with Gasteiger partial charge in [0.1, 0.15) is 5.75 Å². The van der Waals surface area contributed by atoms with Gasteiger partial charge in [0.05, 0.1) is 9.79 Å². The molecule has 0 aliphatic carbocycles. The van der Waals surface area contributed by atoms with Gasteiger partial charge in [0.25, 0.3) is 20.2 Å². The number of hydrogen-bond donors (Lipinski definition) is 3. The van der Waals surface area contributed by atoms with Crippen LogP contribution in [0.2, 0.25) is 0 Å². The first-order valence-corrected chi connectivity index (χ1v) is 11.1. The standard InChI is InChI=1S/2C7H8O3S.C6H6O.Ni/c1-6-2-4-7(5-3-6)11(8,9)10;1-6-3-2-4-7(5-6)11(8,9)10;7-6-4-2-1-3-5-6;/h2*2-5H,1H3,(H,8,9,10);1-5,7H;. The second-order valence-electron chi connectivity index (χ2n) is 5.92. The van der Waals surface area contributed by atoms with Crippen LogP contribution >= 0.6 is 0 Å². The minimum Gasteiger partial charge on any atom is -0.508 e. The van der Waals surface area contributed by atoms with Gasteiger partial charge in [0, 0.05) is 16.5 Å². The van der Waals surface area contributed by atoms with Crippen molar-refractivity contribution >= 4 is 20.2 Å². The van der Waals surface area contributed by atoms with E-state index in [1.807, 2.05) is 13.0 Å². The molecule has 3 rings (SSSR count). The van der Waals surface area contributed by atoms with Crippen LogP contribution in [0.4, 0.5) is 0 Å². The molecule has 0 fully saturated rings. The Labute approximate surface area is 186 Å². The van der Waals surface area contributed by atoms with Crippen molar-refractivity contribution < 1.29 is 47.5 Å². The Balaban J connectivity index is 0.000000424. The summed E-state index contributed by atoms with van der Waals surface area (Å²) in [6, 6.07) is 20.8. The van der Waals surface area contributed by atoms with E-state index in [0.29, 0.717) is 5.75 Å². The van der Waals surface area contributed by atoms with Crippen LogP contribution < -0.4 is 0 Å². The van der Waals surface area contributed by atoms with E-state index < -0.39 is 20.2 Å². The van der Waals surface area contributed by atoms with E-state index in [9.17, 15) is 16.8 Å². The van der Waals surface area contributed by atoms with Gasteiger partial charge in [-0.1, -0.05) is 48.0 Å². The summed E-state index contributed by atoms with van der Waals surface area (Å²) in [6.07, 6.45) is 0. The molecule has 166 valence electrons. The van der Waals surface area contributed by atoms with Crippen molar-refractivity contribution in [1.82, 2.24) is 0 Å². The van der Waals surface area contributed by atoms with Gasteiger partial charge in [-0.05, 0) is 55.8 Å². The van der Waals surface area contributed by atoms with Crippen LogP contribution in [-0.4, -0.2) is 31.0 Å². The predicted molar refractivity (Wildman–Crippen MR) is 110 cm³/mol. The third kappa shape index (κ3) is 11.1. The van der Waals surface area contributed by atoms with Crippen LogP contribution in [0.15, 0.2) is 88.7 Å². The van der Waals surface area contributed by atoms with E-state index in [1.165, 1.54) is 24.3 Å². The molecule has 3 N–H and O–H groups in total.